The zero-order valence-corrected chi connectivity index (χ0v) is 10.7. The van der Waals surface area contributed by atoms with E-state index in [-0.39, 0.29) is 10.1 Å². The van der Waals surface area contributed by atoms with Crippen molar-refractivity contribution in [2.24, 2.45) is 0 Å². The van der Waals surface area contributed by atoms with Crippen LogP contribution in [-0.4, -0.2) is 14.1 Å². The van der Waals surface area contributed by atoms with Crippen LogP contribution in [0.5, 0.6) is 0 Å². The molecule has 0 N–H and O–H groups in total. The largest absolute Gasteiger partial charge is 0.166 e. The van der Waals surface area contributed by atoms with Crippen molar-refractivity contribution in [3.8, 4) is 0 Å². The predicted octanol–water partition coefficient (Wildman–Crippen LogP) is 4.61. The summed E-state index contributed by atoms with van der Waals surface area (Å²) in [6, 6.07) is 0. The molecule has 0 saturated heterocycles. The lowest BCUT2D eigenvalue weighted by atomic mass is 10.1. The van der Waals surface area contributed by atoms with E-state index in [1.807, 2.05) is 0 Å². The van der Waals surface area contributed by atoms with Gasteiger partial charge in [0, 0.05) is 0 Å². The van der Waals surface area contributed by atoms with Gasteiger partial charge in [-0.1, -0.05) is 46.4 Å². The minimum atomic E-state index is -1.32. The van der Waals surface area contributed by atoms with Crippen LogP contribution in [0.3, 0.4) is 0 Å². The Morgan fingerprint density at radius 3 is 1.23 bits per heavy atom. The zero-order valence-electron chi connectivity index (χ0n) is 6.18. The highest BCUT2D eigenvalue weighted by Crippen LogP contribution is 2.72. The maximum atomic E-state index is 6.20. The molecule has 13 heavy (non-hydrogen) atoms. The van der Waals surface area contributed by atoms with Crippen molar-refractivity contribution in [1.29, 1.82) is 0 Å². The van der Waals surface area contributed by atoms with Crippen LogP contribution in [0, 0.1) is 0 Å². The minimum absolute atomic E-state index is 0.280. The molecule has 0 aliphatic heterocycles. The summed E-state index contributed by atoms with van der Waals surface area (Å²) in [5.41, 5.74) is 0. The molecule has 2 atom stereocenters. The Bertz CT molecular complexity index is 280. The second-order valence-corrected chi connectivity index (χ2v) is 6.68. The van der Waals surface area contributed by atoms with Crippen molar-refractivity contribution in [1.82, 2.24) is 0 Å². The van der Waals surface area contributed by atoms with E-state index in [4.69, 9.17) is 69.6 Å². The Kier molecular flexibility index (Phi) is 2.35. The highest BCUT2D eigenvalue weighted by molar-refractivity contribution is 6.65. The molecule has 6 heteroatoms. The molecule has 2 rings (SSSR count). The molecule has 0 heterocycles. The third-order valence-electron chi connectivity index (χ3n) is 2.70. The topological polar surface area (TPSA) is 0 Å². The van der Waals surface area contributed by atoms with E-state index in [1.165, 1.54) is 0 Å². The summed E-state index contributed by atoms with van der Waals surface area (Å²) >= 11 is 36.5. The SMILES string of the molecule is ClC1=C(Cl)[C@@]2(Cl)CC[C@@]1(Cl)C2(Cl)Cl. The number of hydrogen-bond donors (Lipinski definition) is 0. The van der Waals surface area contributed by atoms with E-state index in [2.05, 4.69) is 0 Å². The summed E-state index contributed by atoms with van der Waals surface area (Å²) in [5, 5.41) is 0.559. The monoisotopic (exact) mass is 298 g/mol. The molecule has 0 unspecified atom stereocenters. The number of allylic oxidation sites excluding steroid dienone is 2. The summed E-state index contributed by atoms with van der Waals surface area (Å²) in [6.07, 6.45) is 1.08. The highest BCUT2D eigenvalue weighted by Gasteiger charge is 2.74. The standard InChI is InChI=1S/C7H4Cl6/c8-3-4(9)6(11)2-1-5(3,10)7(6,12)13/h1-2H2/t5-,6-/m0/s1. The number of hydrogen-bond acceptors (Lipinski definition) is 0. The molecule has 2 aliphatic rings. The molecule has 0 amide bonds. The first-order valence-corrected chi connectivity index (χ1v) is 5.86. The smallest absolute Gasteiger partial charge is 0.110 e. The molecule has 0 radical (unpaired) electrons. The van der Waals surface area contributed by atoms with Crippen LogP contribution in [0.2, 0.25) is 0 Å². The second-order valence-electron chi connectivity index (χ2n) is 3.30. The Morgan fingerprint density at radius 2 is 1.08 bits per heavy atom. The molecule has 1 fully saturated rings. The summed E-state index contributed by atoms with van der Waals surface area (Å²) in [4.78, 5) is -2.03. The lowest BCUT2D eigenvalue weighted by molar-refractivity contribution is 0.683. The van der Waals surface area contributed by atoms with Crippen molar-refractivity contribution in [3.63, 3.8) is 0 Å². The Balaban J connectivity index is 2.67. The first kappa shape index (κ1) is 11.0. The van der Waals surface area contributed by atoms with Crippen LogP contribution < -0.4 is 0 Å². The summed E-state index contributed by atoms with van der Waals surface area (Å²) in [7, 11) is 0. The molecule has 0 aromatic carbocycles. The molecule has 0 aromatic heterocycles. The van der Waals surface area contributed by atoms with E-state index in [1.54, 1.807) is 0 Å². The van der Waals surface area contributed by atoms with Gasteiger partial charge in [0.15, 0.2) is 4.33 Å². The van der Waals surface area contributed by atoms with Crippen LogP contribution in [-0.2, 0) is 0 Å². The third-order valence-corrected chi connectivity index (χ3v) is 7.01. The summed E-state index contributed by atoms with van der Waals surface area (Å²) in [6.45, 7) is 0. The van der Waals surface area contributed by atoms with Gasteiger partial charge >= 0.3 is 0 Å². The molecule has 0 aromatic rings. The predicted molar refractivity (Wildman–Crippen MR) is 59.6 cm³/mol. The first-order chi connectivity index (χ1) is 5.77. The second kappa shape index (κ2) is 2.78. The Morgan fingerprint density at radius 1 is 0.769 bits per heavy atom. The molecule has 2 bridgehead atoms. The van der Waals surface area contributed by atoms with E-state index in [0.29, 0.717) is 12.8 Å². The van der Waals surface area contributed by atoms with Gasteiger partial charge in [0.2, 0.25) is 0 Å². The average Bonchev–Trinajstić information content (AvgIpc) is 2.28. The number of halogens is 6. The molecule has 0 nitrogen and oxygen atoms in total. The molecular weight excluding hydrogens is 297 g/mol. The normalized spacial score (nSPS) is 47.5. The summed E-state index contributed by atoms with van der Waals surface area (Å²) < 4.78 is -1.32. The number of alkyl halides is 4. The van der Waals surface area contributed by atoms with Crippen LogP contribution >= 0.6 is 69.6 Å². The van der Waals surface area contributed by atoms with Crippen LogP contribution in [0.15, 0.2) is 10.1 Å². The van der Waals surface area contributed by atoms with E-state index < -0.39 is 14.1 Å². The van der Waals surface area contributed by atoms with E-state index in [0.717, 1.165) is 0 Å². The van der Waals surface area contributed by atoms with Gasteiger partial charge in [0.25, 0.3) is 0 Å². The van der Waals surface area contributed by atoms with Crippen LogP contribution in [0.1, 0.15) is 12.8 Å². The van der Waals surface area contributed by atoms with Crippen molar-refractivity contribution in [3.05, 3.63) is 10.1 Å². The van der Waals surface area contributed by atoms with Crippen LogP contribution in [0.25, 0.3) is 0 Å². The van der Waals surface area contributed by atoms with Crippen molar-refractivity contribution in [2.45, 2.75) is 26.9 Å². The lowest BCUT2D eigenvalue weighted by Crippen LogP contribution is -2.42. The quantitative estimate of drug-likeness (QED) is 0.573. The maximum absolute atomic E-state index is 6.20. The zero-order chi connectivity index (χ0) is 10.1. The van der Waals surface area contributed by atoms with Crippen molar-refractivity contribution in [2.75, 3.05) is 0 Å². The van der Waals surface area contributed by atoms with Gasteiger partial charge in [-0.25, -0.2) is 0 Å². The molecule has 2 aliphatic carbocycles. The number of fused-ring (bicyclic) bond motifs is 2. The molecule has 0 spiro atoms. The van der Waals surface area contributed by atoms with Crippen LogP contribution in [0.4, 0.5) is 0 Å². The third kappa shape index (κ3) is 0.984. The average molecular weight is 301 g/mol. The van der Waals surface area contributed by atoms with Gasteiger partial charge in [0.05, 0.1) is 10.1 Å². The summed E-state index contributed by atoms with van der Waals surface area (Å²) in [5.74, 6) is 0. The fourth-order valence-electron chi connectivity index (χ4n) is 1.82. The van der Waals surface area contributed by atoms with E-state index >= 15 is 0 Å². The number of rotatable bonds is 0. The Labute approximate surface area is 106 Å². The van der Waals surface area contributed by atoms with Gasteiger partial charge in [-0.15, -0.1) is 23.2 Å². The maximum Gasteiger partial charge on any atom is 0.166 e. The van der Waals surface area contributed by atoms with Gasteiger partial charge in [-0.2, -0.15) is 0 Å². The van der Waals surface area contributed by atoms with Crippen molar-refractivity contribution >= 4 is 69.6 Å². The van der Waals surface area contributed by atoms with Gasteiger partial charge in [-0.05, 0) is 12.8 Å². The molecule has 74 valence electrons. The lowest BCUT2D eigenvalue weighted by Gasteiger charge is -2.30. The fraction of sp³-hybridized carbons (Fsp3) is 0.714. The minimum Gasteiger partial charge on any atom is -0.110 e. The van der Waals surface area contributed by atoms with E-state index in [9.17, 15) is 0 Å². The first-order valence-electron chi connectivity index (χ1n) is 3.59. The Hall–Kier alpha value is 1.48. The van der Waals surface area contributed by atoms with Gasteiger partial charge in [-0.3, -0.25) is 0 Å². The van der Waals surface area contributed by atoms with Gasteiger partial charge < -0.3 is 0 Å². The van der Waals surface area contributed by atoms with Crippen molar-refractivity contribution < 1.29 is 0 Å². The highest BCUT2D eigenvalue weighted by atomic mass is 35.5. The van der Waals surface area contributed by atoms with Gasteiger partial charge in [0.1, 0.15) is 9.75 Å². The molecule has 1 saturated carbocycles. The fourth-order valence-corrected chi connectivity index (χ4v) is 4.41. The molecular formula is C7H4Cl6.